The van der Waals surface area contributed by atoms with Gasteiger partial charge in [-0.1, -0.05) is 19.4 Å². The molecule has 2 heterocycles. The SMILES string of the molecule is CCCCc1[nH]c(=O)c(-c2nnc(CN)o2)c(O)c1-c1c(OC)cccc1OC. The van der Waals surface area contributed by atoms with Crippen LogP contribution in [-0.4, -0.2) is 34.5 Å². The second kappa shape index (κ2) is 8.78. The van der Waals surface area contributed by atoms with E-state index < -0.39 is 5.56 Å². The molecule has 0 aliphatic carbocycles. The number of nitrogens with zero attached hydrogens (tertiary/aromatic N) is 2. The minimum atomic E-state index is -0.529. The molecule has 0 bridgehead atoms. The lowest BCUT2D eigenvalue weighted by Crippen LogP contribution is -2.14. The zero-order valence-electron chi connectivity index (χ0n) is 16.6. The van der Waals surface area contributed by atoms with Crippen molar-refractivity contribution in [3.8, 4) is 39.8 Å². The molecule has 154 valence electrons. The first-order valence-corrected chi connectivity index (χ1v) is 9.27. The van der Waals surface area contributed by atoms with E-state index >= 15 is 0 Å². The van der Waals surface area contributed by atoms with Gasteiger partial charge in [-0.2, -0.15) is 0 Å². The normalized spacial score (nSPS) is 10.9. The van der Waals surface area contributed by atoms with Gasteiger partial charge in [-0.15, -0.1) is 10.2 Å². The van der Waals surface area contributed by atoms with E-state index in [9.17, 15) is 9.90 Å². The van der Waals surface area contributed by atoms with Gasteiger partial charge in [-0.25, -0.2) is 0 Å². The van der Waals surface area contributed by atoms with Crippen molar-refractivity contribution in [1.29, 1.82) is 0 Å². The molecule has 3 rings (SSSR count). The minimum Gasteiger partial charge on any atom is -0.506 e. The number of hydrogen-bond acceptors (Lipinski definition) is 8. The van der Waals surface area contributed by atoms with Crippen LogP contribution in [-0.2, 0) is 13.0 Å². The van der Waals surface area contributed by atoms with Crippen LogP contribution >= 0.6 is 0 Å². The number of rotatable bonds is 8. The molecule has 1 aromatic carbocycles. The van der Waals surface area contributed by atoms with Crippen LogP contribution in [0.2, 0.25) is 0 Å². The number of nitrogens with one attached hydrogen (secondary N) is 1. The molecular weight excluding hydrogens is 376 g/mol. The van der Waals surface area contributed by atoms with Crippen LogP contribution in [0.25, 0.3) is 22.6 Å². The molecule has 4 N–H and O–H groups in total. The molecular formula is C20H24N4O5. The number of aromatic amines is 1. The van der Waals surface area contributed by atoms with Crippen LogP contribution in [0.15, 0.2) is 27.4 Å². The number of hydrogen-bond donors (Lipinski definition) is 3. The number of nitrogens with two attached hydrogens (primary N) is 1. The Balaban J connectivity index is 2.35. The Morgan fingerprint density at radius 3 is 2.38 bits per heavy atom. The van der Waals surface area contributed by atoms with Gasteiger partial charge in [0.1, 0.15) is 22.8 Å². The lowest BCUT2D eigenvalue weighted by molar-refractivity contribution is 0.396. The molecule has 2 aromatic heterocycles. The molecule has 0 fully saturated rings. The fraction of sp³-hybridized carbons (Fsp3) is 0.350. The summed E-state index contributed by atoms with van der Waals surface area (Å²) in [5.41, 5.74) is 6.35. The molecule has 0 saturated heterocycles. The summed E-state index contributed by atoms with van der Waals surface area (Å²) < 4.78 is 16.4. The average molecular weight is 400 g/mol. The van der Waals surface area contributed by atoms with E-state index in [1.807, 2.05) is 6.92 Å². The quantitative estimate of drug-likeness (QED) is 0.525. The highest BCUT2D eigenvalue weighted by Crippen LogP contribution is 2.46. The Labute approximate surface area is 167 Å². The van der Waals surface area contributed by atoms with Gasteiger partial charge in [-0.3, -0.25) is 4.79 Å². The van der Waals surface area contributed by atoms with Gasteiger partial charge >= 0.3 is 0 Å². The smallest absolute Gasteiger partial charge is 0.264 e. The van der Waals surface area contributed by atoms with Crippen molar-refractivity contribution in [1.82, 2.24) is 15.2 Å². The molecule has 29 heavy (non-hydrogen) atoms. The molecule has 9 heteroatoms. The Hall–Kier alpha value is -3.33. The van der Waals surface area contributed by atoms with Crippen molar-refractivity contribution in [2.45, 2.75) is 32.7 Å². The second-order valence-corrected chi connectivity index (χ2v) is 6.38. The summed E-state index contributed by atoms with van der Waals surface area (Å²) in [6, 6.07) is 5.29. The molecule has 9 nitrogen and oxygen atoms in total. The van der Waals surface area contributed by atoms with Crippen LogP contribution in [0.3, 0.4) is 0 Å². The van der Waals surface area contributed by atoms with Crippen molar-refractivity contribution < 1.29 is 19.0 Å². The fourth-order valence-corrected chi connectivity index (χ4v) is 3.18. The van der Waals surface area contributed by atoms with E-state index in [2.05, 4.69) is 15.2 Å². The lowest BCUT2D eigenvalue weighted by atomic mass is 9.96. The van der Waals surface area contributed by atoms with Gasteiger partial charge in [0.25, 0.3) is 11.4 Å². The van der Waals surface area contributed by atoms with Gasteiger partial charge in [0.2, 0.25) is 5.89 Å². The molecule has 0 saturated carbocycles. The Bertz CT molecular complexity index is 1040. The molecule has 0 spiro atoms. The van der Waals surface area contributed by atoms with E-state index in [0.717, 1.165) is 12.8 Å². The molecule has 0 aliphatic rings. The van der Waals surface area contributed by atoms with Crippen molar-refractivity contribution in [2.75, 3.05) is 14.2 Å². The maximum absolute atomic E-state index is 12.8. The predicted molar refractivity (Wildman–Crippen MR) is 107 cm³/mol. The van der Waals surface area contributed by atoms with Gasteiger partial charge in [0.05, 0.1) is 31.9 Å². The topological polar surface area (TPSA) is 136 Å². The molecule has 3 aromatic rings. The van der Waals surface area contributed by atoms with E-state index in [4.69, 9.17) is 19.6 Å². The summed E-state index contributed by atoms with van der Waals surface area (Å²) in [6.07, 6.45) is 2.28. The van der Waals surface area contributed by atoms with Crippen LogP contribution < -0.4 is 20.8 Å². The third-order valence-corrected chi connectivity index (χ3v) is 4.58. The number of aromatic nitrogens is 3. The number of ether oxygens (including phenoxy) is 2. The predicted octanol–water partition coefficient (Wildman–Crippen LogP) is 2.62. The van der Waals surface area contributed by atoms with Gasteiger partial charge in [0, 0.05) is 5.69 Å². The summed E-state index contributed by atoms with van der Waals surface area (Å²) in [5.74, 6) is 0.744. The summed E-state index contributed by atoms with van der Waals surface area (Å²) in [6.45, 7) is 2.07. The summed E-state index contributed by atoms with van der Waals surface area (Å²) in [5, 5.41) is 18.8. The number of unbranched alkanes of at least 4 members (excludes halogenated alkanes) is 1. The maximum atomic E-state index is 12.8. The maximum Gasteiger partial charge on any atom is 0.264 e. The first kappa shape index (κ1) is 20.4. The monoisotopic (exact) mass is 400 g/mol. The molecule has 0 atom stereocenters. The average Bonchev–Trinajstić information content (AvgIpc) is 3.20. The largest absolute Gasteiger partial charge is 0.506 e. The zero-order valence-corrected chi connectivity index (χ0v) is 16.6. The number of methoxy groups -OCH3 is 2. The molecule has 0 amide bonds. The number of H-pyrrole nitrogens is 1. The van der Waals surface area contributed by atoms with Crippen molar-refractivity contribution in [3.05, 3.63) is 40.1 Å². The van der Waals surface area contributed by atoms with Crippen LogP contribution in [0.1, 0.15) is 31.4 Å². The van der Waals surface area contributed by atoms with Crippen LogP contribution in [0.5, 0.6) is 17.2 Å². The van der Waals surface area contributed by atoms with Crippen LogP contribution in [0.4, 0.5) is 0 Å². The highest BCUT2D eigenvalue weighted by molar-refractivity contribution is 5.86. The fourth-order valence-electron chi connectivity index (χ4n) is 3.18. The zero-order chi connectivity index (χ0) is 21.0. The lowest BCUT2D eigenvalue weighted by Gasteiger charge is -2.18. The van der Waals surface area contributed by atoms with E-state index in [0.29, 0.717) is 34.7 Å². The molecule has 0 aliphatic heterocycles. The summed E-state index contributed by atoms with van der Waals surface area (Å²) >= 11 is 0. The third-order valence-electron chi connectivity index (χ3n) is 4.58. The number of benzene rings is 1. The van der Waals surface area contributed by atoms with Gasteiger partial charge in [-0.05, 0) is 25.0 Å². The Morgan fingerprint density at radius 1 is 1.14 bits per heavy atom. The number of pyridine rings is 1. The standard InChI is InChI=1S/C20H24N4O5/c1-4-5-7-11-15(16-12(27-2)8-6-9-13(16)28-3)18(25)17(19(26)22-11)20-24-23-14(10-21)29-20/h6,8-9H,4-5,7,10,21H2,1-3H3,(H2,22,25,26). The van der Waals surface area contributed by atoms with E-state index in [-0.39, 0.29) is 29.6 Å². The van der Waals surface area contributed by atoms with Crippen molar-refractivity contribution in [2.24, 2.45) is 5.73 Å². The Morgan fingerprint density at radius 2 is 1.83 bits per heavy atom. The van der Waals surface area contributed by atoms with Gasteiger partial charge < -0.3 is 29.7 Å². The third kappa shape index (κ3) is 3.81. The Kier molecular flexibility index (Phi) is 6.18. The summed E-state index contributed by atoms with van der Waals surface area (Å²) in [4.78, 5) is 15.6. The van der Waals surface area contributed by atoms with Crippen molar-refractivity contribution >= 4 is 0 Å². The molecule has 0 radical (unpaired) electrons. The second-order valence-electron chi connectivity index (χ2n) is 6.38. The first-order valence-electron chi connectivity index (χ1n) is 9.27. The highest BCUT2D eigenvalue weighted by atomic mass is 16.5. The van der Waals surface area contributed by atoms with Crippen molar-refractivity contribution in [3.63, 3.8) is 0 Å². The molecule has 0 unspecified atom stereocenters. The van der Waals surface area contributed by atoms with E-state index in [1.54, 1.807) is 18.2 Å². The van der Waals surface area contributed by atoms with Crippen LogP contribution in [0, 0.1) is 0 Å². The minimum absolute atomic E-state index is 0.0213. The first-order chi connectivity index (χ1) is 14.0. The number of aryl methyl sites for hydroxylation is 1. The number of aromatic hydroxyl groups is 1. The van der Waals surface area contributed by atoms with Gasteiger partial charge in [0.15, 0.2) is 0 Å². The van der Waals surface area contributed by atoms with E-state index in [1.165, 1.54) is 14.2 Å². The highest BCUT2D eigenvalue weighted by Gasteiger charge is 2.27. The summed E-state index contributed by atoms with van der Waals surface area (Å²) in [7, 11) is 3.05.